The van der Waals surface area contributed by atoms with Gasteiger partial charge in [0.15, 0.2) is 0 Å². The zero-order valence-corrected chi connectivity index (χ0v) is 68.7. The van der Waals surface area contributed by atoms with Crippen LogP contribution in [0.3, 0.4) is 0 Å². The first-order valence-electron chi connectivity index (χ1n) is 39.8. The van der Waals surface area contributed by atoms with Crippen LogP contribution in [0.25, 0.3) is 134 Å². The first-order valence-corrected chi connectivity index (χ1v) is 40.9. The van der Waals surface area contributed by atoms with Crippen LogP contribution in [-0.2, 0) is 72.0 Å². The Hall–Kier alpha value is -12.7. The molecule has 582 valence electrons. The van der Waals surface area contributed by atoms with Crippen molar-refractivity contribution in [1.82, 2.24) is 57.7 Å². The summed E-state index contributed by atoms with van der Waals surface area (Å²) in [6, 6.07) is 86.2. The number of aryl methyl sites for hydroxylation is 9. The van der Waals surface area contributed by atoms with Gasteiger partial charge in [-0.2, -0.15) is 0 Å². The first kappa shape index (κ1) is 78.6. The largest absolute Gasteiger partial charge is 0.478 e. The molecule has 0 unspecified atom stereocenters. The lowest BCUT2D eigenvalue weighted by molar-refractivity contribution is 0.0697. The summed E-state index contributed by atoms with van der Waals surface area (Å²) in [7, 11) is 6.22. The highest BCUT2D eigenvalue weighted by molar-refractivity contribution is 9.08. The van der Waals surface area contributed by atoms with E-state index in [0.717, 1.165) is 229 Å². The maximum atomic E-state index is 11.7. The molecular weight excluding hydrogens is 1500 g/mol. The number of imidazole rings is 6. The molecule has 6 heterocycles. The molecule has 0 aliphatic carbocycles. The molecule has 0 atom stereocenters. The molecule has 18 aromatic rings. The highest BCUT2D eigenvalue weighted by Crippen LogP contribution is 2.36. The van der Waals surface area contributed by atoms with Gasteiger partial charge in [0.25, 0.3) is 0 Å². The third-order valence-electron chi connectivity index (χ3n) is 21.8. The van der Waals surface area contributed by atoms with Crippen LogP contribution < -0.4 is 0 Å². The fourth-order valence-electron chi connectivity index (χ4n) is 15.9. The van der Waals surface area contributed by atoms with Crippen LogP contribution in [0, 0.1) is 20.8 Å². The summed E-state index contributed by atoms with van der Waals surface area (Å²) < 4.78 is 11.2. The number of carbonyl (C=O) groups is 1. The quantitative estimate of drug-likeness (QED) is 0.0533. The molecule has 116 heavy (non-hydrogen) atoms. The van der Waals surface area contributed by atoms with Crippen LogP contribution in [0.1, 0.15) is 112 Å². The van der Waals surface area contributed by atoms with E-state index in [9.17, 15) is 20.1 Å². The summed E-state index contributed by atoms with van der Waals surface area (Å²) in [6.07, 6.45) is 5.94. The molecule has 0 amide bonds. The van der Waals surface area contributed by atoms with Crippen molar-refractivity contribution in [2.24, 2.45) is 21.1 Å². The van der Waals surface area contributed by atoms with Gasteiger partial charge in [-0.05, 0) is 197 Å². The lowest BCUT2D eigenvalue weighted by Gasteiger charge is -2.12. The van der Waals surface area contributed by atoms with Gasteiger partial charge in [0.2, 0.25) is 0 Å². The van der Waals surface area contributed by atoms with Gasteiger partial charge in [-0.15, -0.1) is 0 Å². The summed E-state index contributed by atoms with van der Waals surface area (Å²) in [5.74, 6) is 5.21. The molecule has 0 bridgehead atoms. The van der Waals surface area contributed by atoms with Crippen molar-refractivity contribution >= 4 is 88.1 Å². The number of nitrogens with one attached hydrogen (secondary N) is 1. The number of fused-ring (bicyclic) bond motifs is 6. The molecule has 12 aromatic carbocycles. The number of aromatic carboxylic acids is 1. The van der Waals surface area contributed by atoms with Crippen molar-refractivity contribution in [2.75, 3.05) is 0 Å². The molecule has 18 rings (SSSR count). The van der Waals surface area contributed by atoms with E-state index in [1.165, 1.54) is 16.7 Å². The second-order valence-electron chi connectivity index (χ2n) is 29.8. The fourth-order valence-corrected chi connectivity index (χ4v) is 16.3. The number of carboxylic acids is 1. The highest BCUT2D eigenvalue weighted by Gasteiger charge is 2.22. The number of nitrogens with zero attached hydrogens (tertiary/aromatic N) is 11. The van der Waals surface area contributed by atoms with Crippen molar-refractivity contribution in [2.45, 2.75) is 112 Å². The van der Waals surface area contributed by atoms with Gasteiger partial charge < -0.3 is 43.1 Å². The van der Waals surface area contributed by atoms with Crippen molar-refractivity contribution in [1.29, 1.82) is 0 Å². The standard InChI is InChI=1S/C33H30N4O2.C33H32N4O.C19H20N4.C14H13BrO/c1-4-9-30-35-31-21(2)18-24(32-34-27-12-7-8-13-28(27)36(32)3)19-29(31)37(30)20-22-14-16-23(17-15-22)25-10-5-6-11-26(25)33(38)39;1-4-9-31-35-32-22(2)18-26(33-34-28-12-7-8-13-29(28)36(33)3)19-30(32)37(31)20-23-14-16-24(17-15-23)27-11-6-5-10-25(27)21-38;1-4-7-17-20-15-11-13(10-12(2)18(15)22-17)19-21-14-8-5-6-9-16(14)23(19)3;15-9-11-5-7-12(8-6-11)14-4-2-1-3-13(14)10-16/h5-8,10-19H,4,9,20H2,1-3H3,(H,38,39);5-8,10-19,38H,4,9,20-21H2,1-3H3;5-6,8-11H,4,7H2,1-3H3,(H,20,22);1-8,16H,9-10H2. The Labute approximate surface area is 684 Å². The Bertz CT molecular complexity index is 6580. The van der Waals surface area contributed by atoms with E-state index in [1.807, 2.05) is 103 Å². The van der Waals surface area contributed by atoms with Crippen molar-refractivity contribution in [3.63, 3.8) is 0 Å². The Kier molecular flexibility index (Phi) is 23.7. The number of aromatic nitrogens is 12. The minimum atomic E-state index is -0.921. The molecule has 0 aliphatic rings. The van der Waals surface area contributed by atoms with E-state index in [2.05, 4.69) is 246 Å². The van der Waals surface area contributed by atoms with Crippen molar-refractivity contribution in [3.05, 3.63) is 322 Å². The molecule has 0 saturated heterocycles. The number of H-pyrrole nitrogens is 1. The Morgan fingerprint density at radius 1 is 0.379 bits per heavy atom. The van der Waals surface area contributed by atoms with Gasteiger partial charge in [0.05, 0.1) is 85.0 Å². The van der Waals surface area contributed by atoms with Gasteiger partial charge in [-0.3, -0.25) is 0 Å². The average molecular weight is 1600 g/mol. The number of aromatic amines is 1. The number of carboxylic acid groups (broad SMARTS) is 1. The Balaban J connectivity index is 0.000000128. The maximum absolute atomic E-state index is 11.7. The number of hydrogen-bond donors (Lipinski definition) is 4. The van der Waals surface area contributed by atoms with Crippen LogP contribution in [0.5, 0.6) is 0 Å². The van der Waals surface area contributed by atoms with Crippen LogP contribution in [-0.4, -0.2) is 79.0 Å². The van der Waals surface area contributed by atoms with Gasteiger partial charge in [0, 0.05) is 75.5 Å². The number of hydrogen-bond acceptors (Lipinski definition) is 9. The number of aliphatic hydroxyl groups excluding tert-OH is 2. The third-order valence-corrected chi connectivity index (χ3v) is 22.5. The summed E-state index contributed by atoms with van der Waals surface area (Å²) >= 11 is 3.43. The van der Waals surface area contributed by atoms with E-state index in [1.54, 1.807) is 12.1 Å². The summed E-state index contributed by atoms with van der Waals surface area (Å²) in [5, 5.41) is 29.5. The third kappa shape index (κ3) is 16.3. The number of halogens is 1. The van der Waals surface area contributed by atoms with Crippen LogP contribution in [0.15, 0.2) is 255 Å². The fraction of sp³-hybridized carbons (Fsp3) is 0.202. The van der Waals surface area contributed by atoms with E-state index in [0.29, 0.717) is 12.1 Å². The van der Waals surface area contributed by atoms with Gasteiger partial charge in [0.1, 0.15) is 34.9 Å². The van der Waals surface area contributed by atoms with Gasteiger partial charge in [-0.25, -0.2) is 34.7 Å². The summed E-state index contributed by atoms with van der Waals surface area (Å²) in [6.45, 7) is 14.5. The minimum absolute atomic E-state index is 0.0343. The zero-order valence-electron chi connectivity index (χ0n) is 67.1. The Morgan fingerprint density at radius 3 is 1.14 bits per heavy atom. The molecule has 16 nitrogen and oxygen atoms in total. The lowest BCUT2D eigenvalue weighted by Crippen LogP contribution is -2.05. The Morgan fingerprint density at radius 2 is 0.741 bits per heavy atom. The number of alkyl halides is 1. The second-order valence-corrected chi connectivity index (χ2v) is 30.4. The summed E-state index contributed by atoms with van der Waals surface area (Å²) in [5.41, 5.74) is 31.5. The van der Waals surface area contributed by atoms with Gasteiger partial charge in [-0.1, -0.05) is 213 Å². The van der Waals surface area contributed by atoms with Crippen molar-refractivity contribution < 1.29 is 20.1 Å². The van der Waals surface area contributed by atoms with Crippen molar-refractivity contribution in [3.8, 4) is 67.5 Å². The summed E-state index contributed by atoms with van der Waals surface area (Å²) in [4.78, 5) is 44.7. The number of para-hydroxylation sites is 6. The lowest BCUT2D eigenvalue weighted by atomic mass is 9.98. The smallest absolute Gasteiger partial charge is 0.336 e. The molecule has 6 aromatic heterocycles. The average Bonchev–Trinajstić information content (AvgIpc) is 1.63. The normalized spacial score (nSPS) is 11.4. The van der Waals surface area contributed by atoms with E-state index < -0.39 is 5.97 Å². The molecule has 0 radical (unpaired) electrons. The predicted molar refractivity (Wildman–Crippen MR) is 476 cm³/mol. The maximum Gasteiger partial charge on any atom is 0.336 e. The molecule has 0 fully saturated rings. The second kappa shape index (κ2) is 35.0. The molecule has 4 N–H and O–H groups in total. The highest BCUT2D eigenvalue weighted by atomic mass is 79.9. The molecule has 0 aliphatic heterocycles. The topological polar surface area (TPSA) is 196 Å². The van der Waals surface area contributed by atoms with E-state index in [4.69, 9.17) is 29.9 Å². The van der Waals surface area contributed by atoms with Gasteiger partial charge >= 0.3 is 5.97 Å². The molecular formula is C99H95BrN12O4. The van der Waals surface area contributed by atoms with Crippen LogP contribution in [0.4, 0.5) is 0 Å². The van der Waals surface area contributed by atoms with Crippen LogP contribution >= 0.6 is 15.9 Å². The molecule has 0 spiro atoms. The van der Waals surface area contributed by atoms with Crippen LogP contribution in [0.2, 0.25) is 0 Å². The molecule has 17 heteroatoms. The first-order chi connectivity index (χ1) is 56.5. The SMILES string of the molecule is CCCc1nc2c(C)cc(-c3nc4ccccc4n3C)cc2[nH]1.CCCc1nc2c(C)cc(-c3nc4ccccc4n3C)cc2n1Cc1ccc(-c2ccccc2C(=O)O)cc1.CCCc1nc2c(C)cc(-c3nc4ccccc4n3C)cc2n1Cc1ccc(-c2ccccc2CO)cc1.OCc1ccccc1-c1ccc(CBr)cc1. The number of benzene rings is 12. The number of aliphatic hydroxyl groups is 2. The minimum Gasteiger partial charge on any atom is -0.478 e. The monoisotopic (exact) mass is 1590 g/mol. The molecule has 0 saturated carbocycles. The number of rotatable bonds is 20. The predicted octanol–water partition coefficient (Wildman–Crippen LogP) is 22.4. The van der Waals surface area contributed by atoms with E-state index >= 15 is 0 Å². The zero-order chi connectivity index (χ0) is 80.7. The van der Waals surface area contributed by atoms with E-state index in [-0.39, 0.29) is 13.2 Å².